The lowest BCUT2D eigenvalue weighted by Gasteiger charge is -2.17. The molecule has 0 aromatic rings. The molecular formula is C28H57NO4. The lowest BCUT2D eigenvalue weighted by Crippen LogP contribution is -2.28. The largest absolute Gasteiger partial charge is 0.481 e. The van der Waals surface area contributed by atoms with Crippen LogP contribution in [0.1, 0.15) is 136 Å². The van der Waals surface area contributed by atoms with Crippen molar-refractivity contribution in [3.63, 3.8) is 0 Å². The third kappa shape index (κ3) is 29.3. The number of unbranched alkanes of at least 4 members (excludes halogenated alkanes) is 15. The number of likely N-dealkylation sites (N-methyl/N-ethyl adjacent to an activating group) is 1. The van der Waals surface area contributed by atoms with Crippen molar-refractivity contribution in [1.82, 2.24) is 4.90 Å². The Morgan fingerprint density at radius 1 is 0.848 bits per heavy atom. The number of hydrogen-bond donors (Lipinski definition) is 2. The number of ether oxygens (including phenoxy) is 1. The summed E-state index contributed by atoms with van der Waals surface area (Å²) in [6, 6.07) is 0. The molecule has 1 aliphatic rings. The van der Waals surface area contributed by atoms with Crippen molar-refractivity contribution in [3.8, 4) is 0 Å². The maximum absolute atomic E-state index is 10.3. The fourth-order valence-electron chi connectivity index (χ4n) is 4.18. The summed E-state index contributed by atoms with van der Waals surface area (Å²) in [4.78, 5) is 12.5. The second-order valence-corrected chi connectivity index (χ2v) is 10.2. The van der Waals surface area contributed by atoms with Crippen LogP contribution in [0.15, 0.2) is 0 Å². The molecule has 1 fully saturated rings. The standard InChI is InChI=1S/C16H33NO3.C12H24O/c1-15(18)14-17(2)13-11-9-7-5-3-4-6-8-10-12-16(19)20;1-2-3-4-5-6-7-8-9-10-12-11-13-12/h15,18H,3-14H2,1-2H3,(H,19,20);12H,2-11H2,1H3. The van der Waals surface area contributed by atoms with E-state index in [9.17, 15) is 9.90 Å². The highest BCUT2D eigenvalue weighted by Gasteiger charge is 2.20. The molecule has 1 rings (SSSR count). The minimum Gasteiger partial charge on any atom is -0.481 e. The Bertz CT molecular complexity index is 413. The van der Waals surface area contributed by atoms with Crippen LogP contribution in [0.25, 0.3) is 0 Å². The monoisotopic (exact) mass is 471 g/mol. The van der Waals surface area contributed by atoms with Crippen molar-refractivity contribution >= 4 is 5.97 Å². The molecule has 0 amide bonds. The van der Waals surface area contributed by atoms with Crippen molar-refractivity contribution < 1.29 is 19.7 Å². The molecule has 0 spiro atoms. The molecule has 2 N–H and O–H groups in total. The van der Waals surface area contributed by atoms with Gasteiger partial charge in [0.05, 0.1) is 18.8 Å². The Morgan fingerprint density at radius 2 is 1.30 bits per heavy atom. The third-order valence-electron chi connectivity index (χ3n) is 6.29. The van der Waals surface area contributed by atoms with Gasteiger partial charge in [-0.2, -0.15) is 0 Å². The Labute approximate surface area is 205 Å². The van der Waals surface area contributed by atoms with Crippen molar-refractivity contribution in [2.75, 3.05) is 26.7 Å². The van der Waals surface area contributed by atoms with E-state index in [1.54, 1.807) is 0 Å². The number of aliphatic carboxylic acids is 1. The molecule has 0 saturated carbocycles. The fraction of sp³-hybridized carbons (Fsp3) is 0.964. The van der Waals surface area contributed by atoms with Gasteiger partial charge >= 0.3 is 5.97 Å². The van der Waals surface area contributed by atoms with Crippen LogP contribution in [0.3, 0.4) is 0 Å². The van der Waals surface area contributed by atoms with E-state index < -0.39 is 5.97 Å². The summed E-state index contributed by atoms with van der Waals surface area (Å²) < 4.78 is 5.17. The highest BCUT2D eigenvalue weighted by atomic mass is 16.6. The van der Waals surface area contributed by atoms with Crippen LogP contribution < -0.4 is 0 Å². The van der Waals surface area contributed by atoms with Crippen LogP contribution in [-0.2, 0) is 9.53 Å². The molecule has 2 unspecified atom stereocenters. The topological polar surface area (TPSA) is 73.3 Å². The molecule has 0 radical (unpaired) electrons. The molecule has 198 valence electrons. The first kappa shape index (κ1) is 32.4. The summed E-state index contributed by atoms with van der Waals surface area (Å²) in [5.41, 5.74) is 0. The van der Waals surface area contributed by atoms with Gasteiger partial charge in [0.25, 0.3) is 0 Å². The predicted octanol–water partition coefficient (Wildman–Crippen LogP) is 7.20. The molecule has 1 aliphatic heterocycles. The lowest BCUT2D eigenvalue weighted by molar-refractivity contribution is -0.137. The van der Waals surface area contributed by atoms with Crippen LogP contribution in [-0.4, -0.2) is 60.0 Å². The van der Waals surface area contributed by atoms with Gasteiger partial charge in [0.2, 0.25) is 0 Å². The lowest BCUT2D eigenvalue weighted by atomic mass is 10.1. The quantitative estimate of drug-likeness (QED) is 0.122. The summed E-state index contributed by atoms with van der Waals surface area (Å²) in [6.45, 7) is 6.97. The summed E-state index contributed by atoms with van der Waals surface area (Å²) in [5, 5.41) is 17.7. The second-order valence-electron chi connectivity index (χ2n) is 10.2. The number of carboxylic acids is 1. The number of aliphatic hydroxyl groups is 1. The van der Waals surface area contributed by atoms with E-state index in [0.717, 1.165) is 32.5 Å². The number of epoxide rings is 1. The zero-order valence-corrected chi connectivity index (χ0v) is 22.4. The van der Waals surface area contributed by atoms with Gasteiger partial charge in [0.15, 0.2) is 0 Å². The van der Waals surface area contributed by atoms with E-state index in [4.69, 9.17) is 9.84 Å². The number of carboxylic acid groups (broad SMARTS) is 1. The van der Waals surface area contributed by atoms with E-state index >= 15 is 0 Å². The Morgan fingerprint density at radius 3 is 1.76 bits per heavy atom. The highest BCUT2D eigenvalue weighted by Crippen LogP contribution is 2.18. The summed E-state index contributed by atoms with van der Waals surface area (Å²) in [6.07, 6.45) is 24.1. The molecule has 0 aromatic carbocycles. The van der Waals surface area contributed by atoms with Gasteiger partial charge in [-0.1, -0.05) is 103 Å². The van der Waals surface area contributed by atoms with Gasteiger partial charge in [-0.25, -0.2) is 0 Å². The van der Waals surface area contributed by atoms with Gasteiger partial charge in [0.1, 0.15) is 0 Å². The second kappa shape index (κ2) is 24.5. The van der Waals surface area contributed by atoms with Crippen LogP contribution in [0.2, 0.25) is 0 Å². The average Bonchev–Trinajstić information content (AvgIpc) is 3.58. The van der Waals surface area contributed by atoms with Crippen molar-refractivity contribution in [2.24, 2.45) is 0 Å². The molecule has 33 heavy (non-hydrogen) atoms. The van der Waals surface area contributed by atoms with E-state index in [0.29, 0.717) is 12.5 Å². The summed E-state index contributed by atoms with van der Waals surface area (Å²) in [5.74, 6) is -0.675. The first-order chi connectivity index (χ1) is 16.0. The van der Waals surface area contributed by atoms with E-state index in [1.807, 2.05) is 6.92 Å². The van der Waals surface area contributed by atoms with Crippen LogP contribution >= 0.6 is 0 Å². The summed E-state index contributed by atoms with van der Waals surface area (Å²) >= 11 is 0. The highest BCUT2D eigenvalue weighted by molar-refractivity contribution is 5.66. The minimum absolute atomic E-state index is 0.235. The van der Waals surface area contributed by atoms with E-state index in [2.05, 4.69) is 18.9 Å². The zero-order valence-electron chi connectivity index (χ0n) is 22.4. The van der Waals surface area contributed by atoms with Crippen LogP contribution in [0, 0.1) is 0 Å². The Balaban J connectivity index is 0.000000676. The number of hydrogen-bond acceptors (Lipinski definition) is 4. The van der Waals surface area contributed by atoms with Crippen molar-refractivity contribution in [3.05, 3.63) is 0 Å². The fourth-order valence-corrected chi connectivity index (χ4v) is 4.18. The summed E-state index contributed by atoms with van der Waals surface area (Å²) in [7, 11) is 2.06. The van der Waals surface area contributed by atoms with Gasteiger partial charge in [0, 0.05) is 13.0 Å². The molecule has 5 heteroatoms. The number of nitrogens with zero attached hydrogens (tertiary/aromatic N) is 1. The molecule has 0 bridgehead atoms. The number of carbonyl (C=O) groups is 1. The van der Waals surface area contributed by atoms with Gasteiger partial charge in [-0.05, 0) is 39.8 Å². The van der Waals surface area contributed by atoms with Gasteiger partial charge in [-0.15, -0.1) is 0 Å². The number of rotatable bonds is 23. The maximum atomic E-state index is 10.3. The number of aliphatic hydroxyl groups excluding tert-OH is 1. The Hall–Kier alpha value is -0.650. The first-order valence-electron chi connectivity index (χ1n) is 14.2. The van der Waals surface area contributed by atoms with E-state index in [-0.39, 0.29) is 6.10 Å². The zero-order chi connectivity index (χ0) is 24.6. The molecule has 2 atom stereocenters. The minimum atomic E-state index is -0.675. The van der Waals surface area contributed by atoms with Crippen LogP contribution in [0.5, 0.6) is 0 Å². The molecule has 1 heterocycles. The smallest absolute Gasteiger partial charge is 0.303 e. The van der Waals surface area contributed by atoms with E-state index in [1.165, 1.54) is 103 Å². The predicted molar refractivity (Wildman–Crippen MR) is 140 cm³/mol. The SMILES string of the molecule is CC(O)CN(C)CCCCCCCCCCCC(=O)O.CCCCCCCCCCC1CO1. The first-order valence-corrected chi connectivity index (χ1v) is 14.2. The maximum Gasteiger partial charge on any atom is 0.303 e. The normalized spacial score (nSPS) is 15.8. The van der Waals surface area contributed by atoms with Crippen LogP contribution in [0.4, 0.5) is 0 Å². The molecule has 0 aliphatic carbocycles. The molecular weight excluding hydrogens is 414 g/mol. The third-order valence-corrected chi connectivity index (χ3v) is 6.29. The molecule has 0 aromatic heterocycles. The van der Waals surface area contributed by atoms with Crippen molar-refractivity contribution in [2.45, 2.75) is 148 Å². The van der Waals surface area contributed by atoms with Gasteiger partial charge < -0.3 is 19.8 Å². The molecule has 1 saturated heterocycles. The Kier molecular flexibility index (Phi) is 24.0. The van der Waals surface area contributed by atoms with Gasteiger partial charge in [-0.3, -0.25) is 4.79 Å². The molecule has 5 nitrogen and oxygen atoms in total. The average molecular weight is 472 g/mol. The van der Waals surface area contributed by atoms with Crippen molar-refractivity contribution in [1.29, 1.82) is 0 Å².